The monoisotopic (exact) mass is 143 g/mol. The Morgan fingerprint density at radius 1 is 1.80 bits per heavy atom. The topological polar surface area (TPSA) is 46.5 Å². The molecule has 3 nitrogen and oxygen atoms in total. The van der Waals surface area contributed by atoms with Crippen LogP contribution in [0.25, 0.3) is 0 Å². The number of aliphatic hydroxyl groups excluding tert-OH is 1. The largest absolute Gasteiger partial charge is 0.433 e. The molecule has 0 aliphatic rings. The van der Waals surface area contributed by atoms with Crippen LogP contribution in [0.1, 0.15) is 6.92 Å². The predicted molar refractivity (Wildman–Crippen MR) is 36.8 cm³/mol. The second kappa shape index (κ2) is 4.06. The van der Waals surface area contributed by atoms with Crippen molar-refractivity contribution >= 4 is 5.97 Å². The summed E-state index contributed by atoms with van der Waals surface area (Å²) in [5.41, 5.74) is 0. The van der Waals surface area contributed by atoms with Crippen molar-refractivity contribution in [2.75, 3.05) is 0 Å². The van der Waals surface area contributed by atoms with Crippen LogP contribution in [0, 0.1) is 12.8 Å². The van der Waals surface area contributed by atoms with Gasteiger partial charge in [0.05, 0.1) is 0 Å². The Bertz CT molecular complexity index is 129. The molecule has 0 aliphatic heterocycles. The van der Waals surface area contributed by atoms with Crippen molar-refractivity contribution in [1.29, 1.82) is 0 Å². The molecule has 2 unspecified atom stereocenters. The first-order chi connectivity index (χ1) is 4.57. The third kappa shape index (κ3) is 3.25. The van der Waals surface area contributed by atoms with Crippen LogP contribution in [0.15, 0.2) is 12.7 Å². The summed E-state index contributed by atoms with van der Waals surface area (Å²) in [6.07, 6.45) is -0.142. The minimum Gasteiger partial charge on any atom is -0.433 e. The molecule has 0 saturated heterocycles. The lowest BCUT2D eigenvalue weighted by atomic mass is 10.2. The van der Waals surface area contributed by atoms with Gasteiger partial charge >= 0.3 is 5.97 Å². The number of hydrogen-bond donors (Lipinski definition) is 1. The molecule has 10 heavy (non-hydrogen) atoms. The number of ether oxygens (including phenoxy) is 1. The van der Waals surface area contributed by atoms with E-state index in [0.717, 1.165) is 6.08 Å². The second-order valence-electron chi connectivity index (χ2n) is 2.01. The molecule has 2 atom stereocenters. The predicted octanol–water partition coefficient (Wildman–Crippen LogP) is 0.504. The van der Waals surface area contributed by atoms with Gasteiger partial charge in [-0.25, -0.2) is 4.79 Å². The van der Waals surface area contributed by atoms with Crippen molar-refractivity contribution in [3.05, 3.63) is 19.6 Å². The molecule has 0 aromatic heterocycles. The van der Waals surface area contributed by atoms with E-state index in [9.17, 15) is 4.79 Å². The van der Waals surface area contributed by atoms with Gasteiger partial charge in [-0.05, 0) is 6.92 Å². The molecule has 0 heterocycles. The molecular weight excluding hydrogens is 132 g/mol. The molecule has 0 rings (SSSR count). The highest BCUT2D eigenvalue weighted by Crippen LogP contribution is 2.01. The van der Waals surface area contributed by atoms with E-state index in [-0.39, 0.29) is 5.92 Å². The summed E-state index contributed by atoms with van der Waals surface area (Å²) < 4.78 is 4.40. The standard InChI is InChI=1S/C7H11O3/c1-4-6(8)10-7(9)5(2)3/h4-5,7,9H,1-2H2,3H3. The number of carbonyl (C=O) groups excluding carboxylic acids is 1. The van der Waals surface area contributed by atoms with Crippen LogP contribution >= 0.6 is 0 Å². The van der Waals surface area contributed by atoms with E-state index in [1.165, 1.54) is 0 Å². The van der Waals surface area contributed by atoms with Gasteiger partial charge in [0.2, 0.25) is 6.29 Å². The molecule has 0 saturated carbocycles. The zero-order valence-corrected chi connectivity index (χ0v) is 5.91. The zero-order valence-electron chi connectivity index (χ0n) is 5.91. The highest BCUT2D eigenvalue weighted by atomic mass is 16.6. The Balaban J connectivity index is 3.67. The van der Waals surface area contributed by atoms with Gasteiger partial charge in [-0.15, -0.1) is 0 Å². The van der Waals surface area contributed by atoms with Crippen molar-refractivity contribution in [1.82, 2.24) is 0 Å². The minimum atomic E-state index is -1.13. The van der Waals surface area contributed by atoms with Crippen molar-refractivity contribution in [3.8, 4) is 0 Å². The lowest BCUT2D eigenvalue weighted by Gasteiger charge is -2.12. The van der Waals surface area contributed by atoms with Crippen molar-refractivity contribution in [3.63, 3.8) is 0 Å². The molecule has 0 bridgehead atoms. The van der Waals surface area contributed by atoms with E-state index >= 15 is 0 Å². The molecule has 1 radical (unpaired) electrons. The van der Waals surface area contributed by atoms with Crippen LogP contribution in [-0.2, 0) is 9.53 Å². The van der Waals surface area contributed by atoms with Crippen molar-refractivity contribution in [2.45, 2.75) is 13.2 Å². The number of rotatable bonds is 3. The lowest BCUT2D eigenvalue weighted by molar-refractivity contribution is -0.166. The summed E-state index contributed by atoms with van der Waals surface area (Å²) in [6.45, 7) is 8.27. The normalized spacial score (nSPS) is 12.8. The van der Waals surface area contributed by atoms with Gasteiger partial charge in [0.1, 0.15) is 0 Å². The Labute approximate surface area is 60.3 Å². The minimum absolute atomic E-state index is 0.330. The lowest BCUT2D eigenvalue weighted by Crippen LogP contribution is -2.21. The Morgan fingerprint density at radius 3 is 2.60 bits per heavy atom. The van der Waals surface area contributed by atoms with Crippen LogP contribution in [-0.4, -0.2) is 17.4 Å². The van der Waals surface area contributed by atoms with Gasteiger partial charge in [0.15, 0.2) is 0 Å². The van der Waals surface area contributed by atoms with E-state index in [2.05, 4.69) is 18.2 Å². The maximum atomic E-state index is 10.4. The maximum Gasteiger partial charge on any atom is 0.332 e. The van der Waals surface area contributed by atoms with Crippen LogP contribution in [0.4, 0.5) is 0 Å². The van der Waals surface area contributed by atoms with Gasteiger partial charge in [-0.2, -0.15) is 0 Å². The number of aliphatic hydroxyl groups is 1. The Morgan fingerprint density at radius 2 is 2.30 bits per heavy atom. The third-order valence-corrected chi connectivity index (χ3v) is 0.890. The SMILES string of the molecule is [CH2]C(C)C(O)OC(=O)C=C. The van der Waals surface area contributed by atoms with E-state index in [1.54, 1.807) is 6.92 Å². The summed E-state index contributed by atoms with van der Waals surface area (Å²) in [4.78, 5) is 10.4. The number of esters is 1. The van der Waals surface area contributed by atoms with Gasteiger partial charge < -0.3 is 9.84 Å². The molecule has 0 fully saturated rings. The Hall–Kier alpha value is -0.830. The highest BCUT2D eigenvalue weighted by molar-refractivity contribution is 5.81. The molecule has 0 spiro atoms. The molecule has 0 aliphatic carbocycles. The summed E-state index contributed by atoms with van der Waals surface area (Å²) in [5, 5.41) is 8.87. The van der Waals surface area contributed by atoms with Gasteiger partial charge in [0, 0.05) is 12.0 Å². The number of hydrogen-bond acceptors (Lipinski definition) is 3. The van der Waals surface area contributed by atoms with E-state index < -0.39 is 12.3 Å². The first kappa shape index (κ1) is 9.17. The smallest absolute Gasteiger partial charge is 0.332 e. The fourth-order valence-electron chi connectivity index (χ4n) is 0.283. The quantitative estimate of drug-likeness (QED) is 0.355. The van der Waals surface area contributed by atoms with Crippen LogP contribution in [0.5, 0.6) is 0 Å². The van der Waals surface area contributed by atoms with Crippen molar-refractivity contribution < 1.29 is 14.6 Å². The van der Waals surface area contributed by atoms with Gasteiger partial charge in [0.25, 0.3) is 0 Å². The molecule has 0 aromatic carbocycles. The van der Waals surface area contributed by atoms with E-state index in [4.69, 9.17) is 5.11 Å². The van der Waals surface area contributed by atoms with E-state index in [1.807, 2.05) is 0 Å². The van der Waals surface area contributed by atoms with Gasteiger partial charge in [-0.1, -0.05) is 13.5 Å². The molecule has 0 amide bonds. The summed E-state index contributed by atoms with van der Waals surface area (Å²) in [7, 11) is 0. The molecule has 1 N–H and O–H groups in total. The highest BCUT2D eigenvalue weighted by Gasteiger charge is 2.11. The summed E-state index contributed by atoms with van der Waals surface area (Å²) >= 11 is 0. The molecule has 57 valence electrons. The van der Waals surface area contributed by atoms with Crippen LogP contribution < -0.4 is 0 Å². The molecule has 3 heteroatoms. The van der Waals surface area contributed by atoms with Crippen LogP contribution in [0.3, 0.4) is 0 Å². The number of carbonyl (C=O) groups is 1. The second-order valence-corrected chi connectivity index (χ2v) is 2.01. The fourth-order valence-corrected chi connectivity index (χ4v) is 0.283. The van der Waals surface area contributed by atoms with Crippen molar-refractivity contribution in [2.24, 2.45) is 5.92 Å². The fraction of sp³-hybridized carbons (Fsp3) is 0.429. The molecular formula is C7H11O3. The molecule has 0 aromatic rings. The summed E-state index contributed by atoms with van der Waals surface area (Å²) in [5.74, 6) is -0.966. The average molecular weight is 143 g/mol. The van der Waals surface area contributed by atoms with E-state index in [0.29, 0.717) is 0 Å². The van der Waals surface area contributed by atoms with Crippen LogP contribution in [0.2, 0.25) is 0 Å². The third-order valence-electron chi connectivity index (χ3n) is 0.890. The zero-order chi connectivity index (χ0) is 8.15. The average Bonchev–Trinajstić information content (AvgIpc) is 1.87. The first-order valence-corrected chi connectivity index (χ1v) is 2.92. The first-order valence-electron chi connectivity index (χ1n) is 2.92. The Kier molecular flexibility index (Phi) is 3.72. The summed E-state index contributed by atoms with van der Waals surface area (Å²) in [6, 6.07) is 0. The van der Waals surface area contributed by atoms with Gasteiger partial charge in [-0.3, -0.25) is 0 Å². The maximum absolute atomic E-state index is 10.4.